The molecular formula is C23H24BrN3O2. The van der Waals surface area contributed by atoms with Crippen molar-refractivity contribution >= 4 is 44.5 Å². The van der Waals surface area contributed by atoms with Gasteiger partial charge in [0.25, 0.3) is 5.91 Å². The lowest BCUT2D eigenvalue weighted by Gasteiger charge is -2.20. The van der Waals surface area contributed by atoms with Crippen molar-refractivity contribution in [3.05, 3.63) is 70.7 Å². The van der Waals surface area contributed by atoms with Crippen molar-refractivity contribution in [2.75, 3.05) is 24.6 Å². The van der Waals surface area contributed by atoms with Crippen molar-refractivity contribution < 1.29 is 9.53 Å². The van der Waals surface area contributed by atoms with Gasteiger partial charge in [-0.3, -0.25) is 4.79 Å². The predicted molar refractivity (Wildman–Crippen MR) is 123 cm³/mol. The lowest BCUT2D eigenvalue weighted by Crippen LogP contribution is -2.24. The summed E-state index contributed by atoms with van der Waals surface area (Å²) >= 11 is 3.55. The van der Waals surface area contributed by atoms with Crippen molar-refractivity contribution in [2.45, 2.75) is 13.8 Å². The predicted octanol–water partition coefficient (Wildman–Crippen LogP) is 4.98. The number of nitrogens with zero attached hydrogens (tertiary/aromatic N) is 2. The summed E-state index contributed by atoms with van der Waals surface area (Å²) in [5.74, 6) is 0.302. The number of rotatable bonds is 8. The Labute approximate surface area is 179 Å². The minimum Gasteiger partial charge on any atom is -0.483 e. The molecule has 3 rings (SSSR count). The zero-order valence-corrected chi connectivity index (χ0v) is 18.1. The van der Waals surface area contributed by atoms with Crippen LogP contribution in [0.1, 0.15) is 19.4 Å². The van der Waals surface area contributed by atoms with Crippen LogP contribution >= 0.6 is 15.9 Å². The number of carbonyl (C=O) groups is 1. The Morgan fingerprint density at radius 2 is 1.79 bits per heavy atom. The molecule has 150 valence electrons. The number of hydrogen-bond donors (Lipinski definition) is 1. The second-order valence-electron chi connectivity index (χ2n) is 6.44. The van der Waals surface area contributed by atoms with Gasteiger partial charge in [-0.25, -0.2) is 5.43 Å². The molecule has 0 aliphatic rings. The maximum atomic E-state index is 12.0. The first-order valence-corrected chi connectivity index (χ1v) is 10.4. The van der Waals surface area contributed by atoms with Crippen molar-refractivity contribution in [3.8, 4) is 5.75 Å². The fourth-order valence-corrected chi connectivity index (χ4v) is 3.65. The number of anilines is 1. The largest absolute Gasteiger partial charge is 0.483 e. The lowest BCUT2D eigenvalue weighted by molar-refractivity contribution is -0.123. The van der Waals surface area contributed by atoms with Crippen LogP contribution in [-0.4, -0.2) is 31.8 Å². The third kappa shape index (κ3) is 5.35. The van der Waals surface area contributed by atoms with E-state index < -0.39 is 0 Å². The first-order chi connectivity index (χ1) is 14.1. The Bertz CT molecular complexity index is 999. The van der Waals surface area contributed by atoms with Crippen molar-refractivity contribution in [3.63, 3.8) is 0 Å². The Hall–Kier alpha value is -2.86. The first kappa shape index (κ1) is 20.9. The monoisotopic (exact) mass is 453 g/mol. The van der Waals surface area contributed by atoms with Crippen molar-refractivity contribution in [1.29, 1.82) is 0 Å². The van der Waals surface area contributed by atoms with Crippen LogP contribution in [0.3, 0.4) is 0 Å². The molecule has 6 heteroatoms. The van der Waals surface area contributed by atoms with Crippen LogP contribution in [0, 0.1) is 0 Å². The van der Waals surface area contributed by atoms with E-state index >= 15 is 0 Å². The summed E-state index contributed by atoms with van der Waals surface area (Å²) in [6.45, 7) is 6.08. The van der Waals surface area contributed by atoms with E-state index in [2.05, 4.69) is 57.3 Å². The van der Waals surface area contributed by atoms with E-state index in [1.807, 2.05) is 48.5 Å². The maximum absolute atomic E-state index is 12.0. The van der Waals surface area contributed by atoms with E-state index in [-0.39, 0.29) is 12.5 Å². The highest BCUT2D eigenvalue weighted by Crippen LogP contribution is 2.32. The Morgan fingerprint density at radius 1 is 1.07 bits per heavy atom. The second kappa shape index (κ2) is 10.1. The van der Waals surface area contributed by atoms with Gasteiger partial charge in [0.2, 0.25) is 0 Å². The molecule has 0 bridgehead atoms. The molecule has 0 radical (unpaired) electrons. The summed E-state index contributed by atoms with van der Waals surface area (Å²) in [6.07, 6.45) is 1.62. The minimum atomic E-state index is -0.318. The molecule has 0 aromatic heterocycles. The van der Waals surface area contributed by atoms with Gasteiger partial charge in [-0.1, -0.05) is 42.5 Å². The van der Waals surface area contributed by atoms with Gasteiger partial charge in [-0.05, 0) is 64.3 Å². The average molecular weight is 454 g/mol. The number of ether oxygens (including phenoxy) is 1. The molecule has 3 aromatic rings. The molecule has 0 aliphatic carbocycles. The maximum Gasteiger partial charge on any atom is 0.277 e. The lowest BCUT2D eigenvalue weighted by atomic mass is 10.1. The SMILES string of the molecule is CCN(CC)c1ccc(/C=N\NC(=O)COc2ccc3ccccc3c2Br)cc1. The number of amides is 1. The van der Waals surface area contributed by atoms with Crippen LogP contribution in [0.15, 0.2) is 70.2 Å². The Morgan fingerprint density at radius 3 is 2.52 bits per heavy atom. The van der Waals surface area contributed by atoms with Crippen LogP contribution in [0.25, 0.3) is 10.8 Å². The summed E-state index contributed by atoms with van der Waals surface area (Å²) in [6, 6.07) is 19.9. The summed E-state index contributed by atoms with van der Waals surface area (Å²) in [5, 5.41) is 6.15. The molecule has 29 heavy (non-hydrogen) atoms. The van der Waals surface area contributed by atoms with E-state index in [1.54, 1.807) is 6.21 Å². The molecule has 0 fully saturated rings. The average Bonchev–Trinajstić information content (AvgIpc) is 2.75. The fourth-order valence-electron chi connectivity index (χ4n) is 3.04. The van der Waals surface area contributed by atoms with Crippen LogP contribution in [0.5, 0.6) is 5.75 Å². The first-order valence-electron chi connectivity index (χ1n) is 9.59. The van der Waals surface area contributed by atoms with E-state index in [4.69, 9.17) is 4.74 Å². The number of fused-ring (bicyclic) bond motifs is 1. The van der Waals surface area contributed by atoms with Gasteiger partial charge >= 0.3 is 0 Å². The number of halogens is 1. The highest BCUT2D eigenvalue weighted by Gasteiger charge is 2.08. The smallest absolute Gasteiger partial charge is 0.277 e. The van der Waals surface area contributed by atoms with Crippen LogP contribution in [0.2, 0.25) is 0 Å². The molecule has 0 saturated carbocycles. The molecule has 0 saturated heterocycles. The second-order valence-corrected chi connectivity index (χ2v) is 7.24. The Kier molecular flexibility index (Phi) is 7.25. The summed E-state index contributed by atoms with van der Waals surface area (Å²) in [5.41, 5.74) is 4.59. The molecule has 0 spiro atoms. The van der Waals surface area contributed by atoms with E-state index in [0.717, 1.165) is 33.9 Å². The summed E-state index contributed by atoms with van der Waals surface area (Å²) < 4.78 is 6.47. The highest BCUT2D eigenvalue weighted by atomic mass is 79.9. The van der Waals surface area contributed by atoms with Gasteiger partial charge in [0, 0.05) is 18.8 Å². The third-order valence-corrected chi connectivity index (χ3v) is 5.43. The van der Waals surface area contributed by atoms with E-state index in [0.29, 0.717) is 5.75 Å². The molecule has 0 atom stereocenters. The van der Waals surface area contributed by atoms with Gasteiger partial charge < -0.3 is 9.64 Å². The summed E-state index contributed by atoms with van der Waals surface area (Å²) in [4.78, 5) is 14.3. The van der Waals surface area contributed by atoms with Crippen molar-refractivity contribution in [2.24, 2.45) is 5.10 Å². The quantitative estimate of drug-likeness (QED) is 0.386. The fraction of sp³-hybridized carbons (Fsp3) is 0.217. The number of hydrogen-bond acceptors (Lipinski definition) is 4. The zero-order chi connectivity index (χ0) is 20.6. The van der Waals surface area contributed by atoms with Crippen LogP contribution in [0.4, 0.5) is 5.69 Å². The molecular weight excluding hydrogens is 430 g/mol. The number of benzene rings is 3. The normalized spacial score (nSPS) is 11.0. The topological polar surface area (TPSA) is 53.9 Å². The minimum absolute atomic E-state index is 0.116. The zero-order valence-electron chi connectivity index (χ0n) is 16.6. The Balaban J connectivity index is 1.53. The molecule has 0 heterocycles. The molecule has 0 unspecified atom stereocenters. The highest BCUT2D eigenvalue weighted by molar-refractivity contribution is 9.10. The number of carbonyl (C=O) groups excluding carboxylic acids is 1. The molecule has 1 amide bonds. The van der Waals surface area contributed by atoms with E-state index in [9.17, 15) is 4.79 Å². The van der Waals surface area contributed by atoms with Gasteiger partial charge in [-0.15, -0.1) is 0 Å². The van der Waals surface area contributed by atoms with Gasteiger partial charge in [0.15, 0.2) is 6.61 Å². The van der Waals surface area contributed by atoms with Crippen LogP contribution in [-0.2, 0) is 4.79 Å². The van der Waals surface area contributed by atoms with Gasteiger partial charge in [0.05, 0.1) is 10.7 Å². The molecule has 3 aromatic carbocycles. The van der Waals surface area contributed by atoms with Gasteiger partial charge in [0.1, 0.15) is 5.75 Å². The van der Waals surface area contributed by atoms with Crippen LogP contribution < -0.4 is 15.1 Å². The van der Waals surface area contributed by atoms with Gasteiger partial charge in [-0.2, -0.15) is 5.10 Å². The standard InChI is InChI=1S/C23H24BrN3O2/c1-3-27(4-2)19-12-9-17(10-13-19)15-25-26-22(28)16-29-21-14-11-18-7-5-6-8-20(18)23(21)24/h5-15H,3-4,16H2,1-2H3,(H,26,28)/b25-15-. The van der Waals surface area contributed by atoms with Crippen molar-refractivity contribution in [1.82, 2.24) is 5.43 Å². The molecule has 0 aliphatic heterocycles. The third-order valence-electron chi connectivity index (χ3n) is 4.61. The van der Waals surface area contributed by atoms with E-state index in [1.165, 1.54) is 5.69 Å². The molecule has 1 N–H and O–H groups in total. The number of nitrogens with one attached hydrogen (secondary N) is 1. The molecule has 5 nitrogen and oxygen atoms in total. The summed E-state index contributed by atoms with van der Waals surface area (Å²) in [7, 11) is 0. The number of hydrazone groups is 1.